The van der Waals surface area contributed by atoms with Gasteiger partial charge in [0, 0.05) is 18.2 Å². The van der Waals surface area contributed by atoms with E-state index in [-0.39, 0.29) is 12.1 Å². The molecule has 2 unspecified atom stereocenters. The average molecular weight is 285 g/mol. The van der Waals surface area contributed by atoms with E-state index in [0.717, 1.165) is 30.8 Å². The van der Waals surface area contributed by atoms with Crippen LogP contribution in [0.25, 0.3) is 0 Å². The molecule has 1 aromatic carbocycles. The maximum absolute atomic E-state index is 6.01. The van der Waals surface area contributed by atoms with Gasteiger partial charge in [0.1, 0.15) is 11.9 Å². The monoisotopic (exact) mass is 285 g/mol. The highest BCUT2D eigenvalue weighted by Gasteiger charge is 2.24. The standard InChI is InChI=1S/C17H23N3O/c1-11(18)8-16-12(2)19-20(13(16)3)10-15-9-14-6-4-5-7-17(14)21-15/h4-7,11,15H,8-10,18H2,1-3H3. The Kier molecular flexibility index (Phi) is 3.72. The summed E-state index contributed by atoms with van der Waals surface area (Å²) in [5.41, 5.74) is 10.8. The summed E-state index contributed by atoms with van der Waals surface area (Å²) in [4.78, 5) is 0. The van der Waals surface area contributed by atoms with Crippen molar-refractivity contribution in [3.63, 3.8) is 0 Å². The Bertz CT molecular complexity index is 620. The van der Waals surface area contributed by atoms with Crippen molar-refractivity contribution >= 4 is 0 Å². The highest BCUT2D eigenvalue weighted by atomic mass is 16.5. The smallest absolute Gasteiger partial charge is 0.123 e. The first-order valence-electron chi connectivity index (χ1n) is 7.57. The molecule has 4 nitrogen and oxygen atoms in total. The van der Waals surface area contributed by atoms with Crippen LogP contribution in [-0.2, 0) is 19.4 Å². The minimum Gasteiger partial charge on any atom is -0.488 e. The molecule has 1 aliphatic rings. The van der Waals surface area contributed by atoms with Gasteiger partial charge < -0.3 is 10.5 Å². The summed E-state index contributed by atoms with van der Waals surface area (Å²) in [6.45, 7) is 7.01. The quantitative estimate of drug-likeness (QED) is 0.938. The molecule has 4 heteroatoms. The summed E-state index contributed by atoms with van der Waals surface area (Å²) in [6, 6.07) is 8.42. The van der Waals surface area contributed by atoms with Crippen molar-refractivity contribution in [1.82, 2.24) is 9.78 Å². The normalized spacial score (nSPS) is 18.4. The van der Waals surface area contributed by atoms with Crippen LogP contribution in [0.5, 0.6) is 5.75 Å². The fourth-order valence-electron chi connectivity index (χ4n) is 3.08. The molecule has 21 heavy (non-hydrogen) atoms. The second kappa shape index (κ2) is 5.53. The first-order chi connectivity index (χ1) is 10.0. The van der Waals surface area contributed by atoms with Gasteiger partial charge in [-0.3, -0.25) is 4.68 Å². The molecule has 0 saturated carbocycles. The summed E-state index contributed by atoms with van der Waals surface area (Å²) in [5, 5.41) is 4.67. The largest absolute Gasteiger partial charge is 0.488 e. The molecular weight excluding hydrogens is 262 g/mol. The van der Waals surface area contributed by atoms with Gasteiger partial charge in [-0.2, -0.15) is 5.10 Å². The molecule has 0 aliphatic carbocycles. The van der Waals surface area contributed by atoms with Crippen molar-refractivity contribution in [2.24, 2.45) is 5.73 Å². The van der Waals surface area contributed by atoms with Gasteiger partial charge >= 0.3 is 0 Å². The van der Waals surface area contributed by atoms with Gasteiger partial charge in [-0.05, 0) is 44.4 Å². The van der Waals surface area contributed by atoms with Gasteiger partial charge in [0.15, 0.2) is 0 Å². The van der Waals surface area contributed by atoms with Crippen LogP contribution in [0.15, 0.2) is 24.3 Å². The number of rotatable bonds is 4. The number of nitrogens with zero attached hydrogens (tertiary/aromatic N) is 2. The summed E-state index contributed by atoms with van der Waals surface area (Å²) in [6.07, 6.45) is 2.00. The molecule has 0 spiro atoms. The highest BCUT2D eigenvalue weighted by Crippen LogP contribution is 2.29. The molecule has 1 aliphatic heterocycles. The Morgan fingerprint density at radius 2 is 2.14 bits per heavy atom. The van der Waals surface area contributed by atoms with E-state index in [1.807, 2.05) is 19.1 Å². The summed E-state index contributed by atoms with van der Waals surface area (Å²) < 4.78 is 8.08. The van der Waals surface area contributed by atoms with Crippen LogP contribution in [0.1, 0.15) is 29.4 Å². The second-order valence-electron chi connectivity index (χ2n) is 6.06. The topological polar surface area (TPSA) is 53.1 Å². The zero-order valence-corrected chi connectivity index (χ0v) is 13.0. The number of hydrogen-bond donors (Lipinski definition) is 1. The van der Waals surface area contributed by atoms with Gasteiger partial charge in [0.25, 0.3) is 0 Å². The van der Waals surface area contributed by atoms with Gasteiger partial charge in [-0.15, -0.1) is 0 Å². The van der Waals surface area contributed by atoms with Crippen LogP contribution in [0.3, 0.4) is 0 Å². The van der Waals surface area contributed by atoms with Gasteiger partial charge in [0.05, 0.1) is 12.2 Å². The predicted octanol–water partition coefficient (Wildman–Crippen LogP) is 2.39. The van der Waals surface area contributed by atoms with Crippen molar-refractivity contribution in [2.75, 3.05) is 0 Å². The van der Waals surface area contributed by atoms with Gasteiger partial charge in [-0.25, -0.2) is 0 Å². The molecule has 2 aromatic rings. The van der Waals surface area contributed by atoms with Crippen LogP contribution < -0.4 is 10.5 Å². The third kappa shape index (κ3) is 2.81. The van der Waals surface area contributed by atoms with E-state index in [1.54, 1.807) is 0 Å². The van der Waals surface area contributed by atoms with E-state index in [0.29, 0.717) is 0 Å². The minimum absolute atomic E-state index is 0.159. The molecule has 112 valence electrons. The number of aromatic nitrogens is 2. The third-order valence-electron chi connectivity index (χ3n) is 4.15. The molecule has 3 rings (SSSR count). The SMILES string of the molecule is Cc1nn(CC2Cc3ccccc3O2)c(C)c1CC(C)N. The number of nitrogens with two attached hydrogens (primary N) is 1. The number of aryl methyl sites for hydroxylation is 1. The zero-order chi connectivity index (χ0) is 15.0. The Morgan fingerprint density at radius 1 is 1.38 bits per heavy atom. The van der Waals surface area contributed by atoms with E-state index in [4.69, 9.17) is 10.5 Å². The minimum atomic E-state index is 0.159. The zero-order valence-electron chi connectivity index (χ0n) is 13.0. The van der Waals surface area contributed by atoms with E-state index >= 15 is 0 Å². The van der Waals surface area contributed by atoms with Crippen LogP contribution in [0.2, 0.25) is 0 Å². The molecule has 2 heterocycles. The van der Waals surface area contributed by atoms with Crippen LogP contribution in [0.4, 0.5) is 0 Å². The van der Waals surface area contributed by atoms with Crippen molar-refractivity contribution in [3.05, 3.63) is 46.8 Å². The van der Waals surface area contributed by atoms with Gasteiger partial charge in [0.2, 0.25) is 0 Å². The Hall–Kier alpha value is -1.81. The van der Waals surface area contributed by atoms with Crippen LogP contribution in [-0.4, -0.2) is 21.9 Å². The third-order valence-corrected chi connectivity index (χ3v) is 4.15. The predicted molar refractivity (Wildman–Crippen MR) is 83.6 cm³/mol. The van der Waals surface area contributed by atoms with Crippen LogP contribution in [0, 0.1) is 13.8 Å². The van der Waals surface area contributed by atoms with Crippen molar-refractivity contribution in [1.29, 1.82) is 0 Å². The lowest BCUT2D eigenvalue weighted by molar-refractivity contribution is 0.202. The molecule has 0 saturated heterocycles. The van der Waals surface area contributed by atoms with E-state index in [2.05, 4.69) is 35.8 Å². The van der Waals surface area contributed by atoms with Crippen molar-refractivity contribution in [3.8, 4) is 5.75 Å². The first-order valence-corrected chi connectivity index (χ1v) is 7.57. The number of fused-ring (bicyclic) bond motifs is 1. The van der Waals surface area contributed by atoms with Crippen molar-refractivity contribution < 1.29 is 4.74 Å². The average Bonchev–Trinajstić information content (AvgIpc) is 2.94. The molecule has 0 fully saturated rings. The molecule has 0 amide bonds. The van der Waals surface area contributed by atoms with E-state index in [1.165, 1.54) is 16.8 Å². The molecule has 0 radical (unpaired) electrons. The first kappa shape index (κ1) is 14.1. The lowest BCUT2D eigenvalue weighted by atomic mass is 10.1. The van der Waals surface area contributed by atoms with Gasteiger partial charge in [-0.1, -0.05) is 18.2 Å². The summed E-state index contributed by atoms with van der Waals surface area (Å²) in [5.74, 6) is 1.01. The summed E-state index contributed by atoms with van der Waals surface area (Å²) in [7, 11) is 0. The number of para-hydroxylation sites is 1. The maximum Gasteiger partial charge on any atom is 0.123 e. The molecule has 2 atom stereocenters. The fraction of sp³-hybridized carbons (Fsp3) is 0.471. The summed E-state index contributed by atoms with van der Waals surface area (Å²) >= 11 is 0. The van der Waals surface area contributed by atoms with Crippen molar-refractivity contribution in [2.45, 2.75) is 52.3 Å². The molecule has 1 aromatic heterocycles. The van der Waals surface area contributed by atoms with Crippen LogP contribution >= 0.6 is 0 Å². The molecule has 0 bridgehead atoms. The number of benzene rings is 1. The highest BCUT2D eigenvalue weighted by molar-refractivity contribution is 5.37. The maximum atomic E-state index is 6.01. The number of ether oxygens (including phenoxy) is 1. The van der Waals surface area contributed by atoms with E-state index < -0.39 is 0 Å². The Morgan fingerprint density at radius 3 is 2.86 bits per heavy atom. The lowest BCUT2D eigenvalue weighted by Crippen LogP contribution is -2.22. The Labute approximate surface area is 125 Å². The molecule has 2 N–H and O–H groups in total. The number of hydrogen-bond acceptors (Lipinski definition) is 3. The second-order valence-corrected chi connectivity index (χ2v) is 6.06. The van der Waals surface area contributed by atoms with E-state index in [9.17, 15) is 0 Å². The Balaban J connectivity index is 1.75. The fourth-order valence-corrected chi connectivity index (χ4v) is 3.08. The lowest BCUT2D eigenvalue weighted by Gasteiger charge is -2.12. The molecular formula is C17H23N3O.